The van der Waals surface area contributed by atoms with Gasteiger partial charge in [0.2, 0.25) is 0 Å². The first-order chi connectivity index (χ1) is 7.93. The van der Waals surface area contributed by atoms with Gasteiger partial charge in [-0.25, -0.2) is 0 Å². The molecule has 0 amide bonds. The topological polar surface area (TPSA) is 102 Å². The van der Waals surface area contributed by atoms with Crippen molar-refractivity contribution in [2.75, 3.05) is 19.8 Å². The van der Waals surface area contributed by atoms with Crippen molar-refractivity contribution in [1.82, 2.24) is 0 Å². The maximum Gasteiger partial charge on any atom is 0.386 e. The zero-order valence-corrected chi connectivity index (χ0v) is 11.5. The highest BCUT2D eigenvalue weighted by atomic mass is 31.2. The average Bonchev–Trinajstić information content (AvgIpc) is 2.26. The van der Waals surface area contributed by atoms with E-state index in [1.807, 2.05) is 13.8 Å². The van der Waals surface area contributed by atoms with Gasteiger partial charge >= 0.3 is 7.60 Å². The van der Waals surface area contributed by atoms with Crippen LogP contribution in [-0.4, -0.2) is 35.1 Å². The Balaban J connectivity index is 4.58. The summed E-state index contributed by atoms with van der Waals surface area (Å²) in [6, 6.07) is 0. The quantitative estimate of drug-likeness (QED) is 0.315. The van der Waals surface area contributed by atoms with E-state index >= 15 is 0 Å². The maximum absolute atomic E-state index is 11.4. The van der Waals surface area contributed by atoms with Crippen molar-refractivity contribution in [2.24, 2.45) is 5.73 Å². The molecule has 0 saturated heterocycles. The van der Waals surface area contributed by atoms with E-state index in [4.69, 9.17) is 15.2 Å². The van der Waals surface area contributed by atoms with Crippen molar-refractivity contribution in [3.63, 3.8) is 0 Å². The second-order valence-electron chi connectivity index (χ2n) is 3.86. The molecular formula is C10H24NO5P. The monoisotopic (exact) mass is 269 g/mol. The molecule has 0 fully saturated rings. The van der Waals surface area contributed by atoms with E-state index in [0.29, 0.717) is 12.8 Å². The molecule has 0 spiro atoms. The summed E-state index contributed by atoms with van der Waals surface area (Å²) < 4.78 is 21.9. The van der Waals surface area contributed by atoms with E-state index in [2.05, 4.69) is 0 Å². The van der Waals surface area contributed by atoms with Crippen LogP contribution in [-0.2, 0) is 14.0 Å². The van der Waals surface area contributed by atoms with Gasteiger partial charge in [0.05, 0.1) is 19.8 Å². The molecule has 0 saturated carbocycles. The van der Waals surface area contributed by atoms with Gasteiger partial charge < -0.3 is 25.0 Å². The molecule has 0 aromatic rings. The summed E-state index contributed by atoms with van der Waals surface area (Å²) in [4.78, 5) is 18.6. The predicted molar refractivity (Wildman–Crippen MR) is 65.5 cm³/mol. The molecule has 0 aromatic heterocycles. The summed E-state index contributed by atoms with van der Waals surface area (Å²) in [7, 11) is -4.56. The Morgan fingerprint density at radius 3 is 1.76 bits per heavy atom. The van der Waals surface area contributed by atoms with Crippen LogP contribution in [0.15, 0.2) is 0 Å². The van der Waals surface area contributed by atoms with Crippen molar-refractivity contribution in [3.05, 3.63) is 0 Å². The van der Waals surface area contributed by atoms with E-state index in [1.165, 1.54) is 0 Å². The largest absolute Gasteiger partial charge is 0.386 e. The Morgan fingerprint density at radius 2 is 1.53 bits per heavy atom. The van der Waals surface area contributed by atoms with Gasteiger partial charge in [-0.1, -0.05) is 26.7 Å². The van der Waals surface area contributed by atoms with Crippen molar-refractivity contribution in [3.8, 4) is 0 Å². The molecule has 0 heterocycles. The number of nitrogens with two attached hydrogens (primary N) is 1. The Morgan fingerprint density at radius 1 is 1.12 bits per heavy atom. The van der Waals surface area contributed by atoms with Crippen LogP contribution in [0.3, 0.4) is 0 Å². The third kappa shape index (κ3) is 5.46. The lowest BCUT2D eigenvalue weighted by molar-refractivity contribution is -0.184. The van der Waals surface area contributed by atoms with Gasteiger partial charge in [0.1, 0.15) is 0 Å². The number of unbranched alkanes of at least 4 members (excludes halogenated alkanes) is 2. The lowest BCUT2D eigenvalue weighted by Gasteiger charge is -2.32. The Kier molecular flexibility index (Phi) is 8.20. The smallest absolute Gasteiger partial charge is 0.339 e. The third-order valence-corrected chi connectivity index (χ3v) is 3.68. The lowest BCUT2D eigenvalue weighted by Crippen LogP contribution is -2.43. The first-order valence-electron chi connectivity index (χ1n) is 5.97. The summed E-state index contributed by atoms with van der Waals surface area (Å²) in [6.07, 6.45) is 3.16. The Bertz CT molecular complexity index is 233. The van der Waals surface area contributed by atoms with E-state index < -0.39 is 13.1 Å². The fraction of sp³-hybridized carbons (Fsp3) is 1.00. The number of rotatable bonds is 10. The first-order valence-corrected chi connectivity index (χ1v) is 7.58. The Hall–Kier alpha value is 0.0300. The molecule has 0 unspecified atom stereocenters. The standard InChI is InChI=1S/C10H24NO5P/c1-3-5-7-15-10(9-11,17(12,13)14)16-8-6-4-2/h3-9,11H2,1-2H3,(H2,12,13,14). The molecule has 0 bridgehead atoms. The van der Waals surface area contributed by atoms with Crippen LogP contribution in [0.5, 0.6) is 0 Å². The molecule has 0 aliphatic heterocycles. The summed E-state index contributed by atoms with van der Waals surface area (Å²) >= 11 is 0. The van der Waals surface area contributed by atoms with Gasteiger partial charge in [0.15, 0.2) is 0 Å². The highest BCUT2D eigenvalue weighted by Gasteiger charge is 2.48. The molecule has 0 aromatic carbocycles. The molecular weight excluding hydrogens is 245 g/mol. The van der Waals surface area contributed by atoms with Crippen LogP contribution in [0.4, 0.5) is 0 Å². The minimum Gasteiger partial charge on any atom is -0.339 e. The molecule has 0 radical (unpaired) electrons. The third-order valence-electron chi connectivity index (χ3n) is 2.35. The molecule has 4 N–H and O–H groups in total. The van der Waals surface area contributed by atoms with Crippen LogP contribution < -0.4 is 5.73 Å². The number of hydrogen-bond donors (Lipinski definition) is 3. The summed E-state index contributed by atoms with van der Waals surface area (Å²) in [5.41, 5.74) is 3.44. The minimum absolute atomic E-state index is 0.227. The molecule has 0 aliphatic carbocycles. The zero-order chi connectivity index (χ0) is 13.4. The summed E-state index contributed by atoms with van der Waals surface area (Å²) in [5, 5.41) is 0. The Labute approximate surface area is 103 Å². The first kappa shape index (κ1) is 17.0. The van der Waals surface area contributed by atoms with Crippen LogP contribution in [0, 0.1) is 0 Å². The van der Waals surface area contributed by atoms with Crippen LogP contribution in [0.2, 0.25) is 0 Å². The highest BCUT2D eigenvalue weighted by molar-refractivity contribution is 7.53. The second kappa shape index (κ2) is 8.19. The summed E-state index contributed by atoms with van der Waals surface area (Å²) in [5.74, 6) is 0. The second-order valence-corrected chi connectivity index (χ2v) is 5.63. The van der Waals surface area contributed by atoms with Crippen LogP contribution in [0.1, 0.15) is 39.5 Å². The van der Waals surface area contributed by atoms with E-state index in [0.717, 1.165) is 12.8 Å². The van der Waals surface area contributed by atoms with Crippen LogP contribution in [0.25, 0.3) is 0 Å². The number of ether oxygens (including phenoxy) is 2. The highest BCUT2D eigenvalue weighted by Crippen LogP contribution is 2.51. The fourth-order valence-electron chi connectivity index (χ4n) is 1.20. The van der Waals surface area contributed by atoms with Crippen molar-refractivity contribution in [2.45, 2.75) is 45.1 Å². The van der Waals surface area contributed by atoms with Gasteiger partial charge in [0, 0.05) is 0 Å². The zero-order valence-electron chi connectivity index (χ0n) is 10.6. The van der Waals surface area contributed by atoms with E-state index in [9.17, 15) is 14.4 Å². The molecule has 0 aliphatic rings. The molecule has 0 atom stereocenters. The van der Waals surface area contributed by atoms with E-state index in [-0.39, 0.29) is 19.8 Å². The normalized spacial score (nSPS) is 13.0. The van der Waals surface area contributed by atoms with Gasteiger partial charge in [-0.15, -0.1) is 0 Å². The summed E-state index contributed by atoms with van der Waals surface area (Å²) in [6.45, 7) is 4.02. The maximum atomic E-state index is 11.4. The van der Waals surface area contributed by atoms with Gasteiger partial charge in [0.25, 0.3) is 5.53 Å². The minimum atomic E-state index is -4.56. The predicted octanol–water partition coefficient (Wildman–Crippen LogP) is 1.41. The fourth-order valence-corrected chi connectivity index (χ4v) is 1.96. The molecule has 17 heavy (non-hydrogen) atoms. The molecule has 104 valence electrons. The lowest BCUT2D eigenvalue weighted by atomic mass is 10.3. The SMILES string of the molecule is CCCCOC(CN)(OCCCC)P(=O)(O)O. The van der Waals surface area contributed by atoms with Crippen molar-refractivity contribution >= 4 is 7.60 Å². The van der Waals surface area contributed by atoms with Gasteiger partial charge in [-0.05, 0) is 12.8 Å². The van der Waals surface area contributed by atoms with Gasteiger partial charge in [-0.2, -0.15) is 0 Å². The van der Waals surface area contributed by atoms with Crippen molar-refractivity contribution < 1.29 is 23.8 Å². The van der Waals surface area contributed by atoms with E-state index in [1.54, 1.807) is 0 Å². The van der Waals surface area contributed by atoms with Gasteiger partial charge in [-0.3, -0.25) is 4.57 Å². The molecule has 0 rings (SSSR count). The van der Waals surface area contributed by atoms with Crippen LogP contribution >= 0.6 is 7.60 Å². The average molecular weight is 269 g/mol. The van der Waals surface area contributed by atoms with Crippen molar-refractivity contribution in [1.29, 1.82) is 0 Å². The number of hydrogen-bond acceptors (Lipinski definition) is 4. The molecule has 7 heteroatoms. The molecule has 6 nitrogen and oxygen atoms in total.